The molecule has 1 saturated heterocycles. The van der Waals surface area contributed by atoms with Crippen molar-refractivity contribution in [2.75, 3.05) is 7.11 Å². The average Bonchev–Trinajstić information content (AvgIpc) is 2.16. The van der Waals surface area contributed by atoms with Crippen LogP contribution in [0, 0.1) is 5.92 Å². The second kappa shape index (κ2) is 3.57. The molecule has 1 aliphatic heterocycles. The molecule has 1 heterocycles. The summed E-state index contributed by atoms with van der Waals surface area (Å²) < 4.78 is 5.25. The number of hydrogen-bond acceptors (Lipinski definition) is 3. The molecule has 14 heavy (non-hydrogen) atoms. The Hall–Kier alpha value is -1.10. The molecule has 2 aliphatic rings. The van der Waals surface area contributed by atoms with E-state index in [0.717, 1.165) is 19.3 Å². The van der Waals surface area contributed by atoms with Gasteiger partial charge < -0.3 is 10.1 Å². The van der Waals surface area contributed by atoms with E-state index in [-0.39, 0.29) is 30.0 Å². The van der Waals surface area contributed by atoms with Gasteiger partial charge in [0.2, 0.25) is 5.91 Å². The zero-order valence-electron chi connectivity index (χ0n) is 8.08. The number of carbonyl (C=O) groups excluding carboxylic acids is 2. The summed E-state index contributed by atoms with van der Waals surface area (Å²) in [6, 6.07) is -0.428. The van der Waals surface area contributed by atoms with Crippen LogP contribution >= 0.6 is 0 Å². The van der Waals surface area contributed by atoms with Gasteiger partial charge in [-0.1, -0.05) is 0 Å². The van der Waals surface area contributed by atoms with Gasteiger partial charge in [-0.25, -0.2) is 4.79 Å². The lowest BCUT2D eigenvalue weighted by Gasteiger charge is -2.39. The summed E-state index contributed by atoms with van der Waals surface area (Å²) in [6.45, 7) is 0. The summed E-state index contributed by atoms with van der Waals surface area (Å²) in [4.78, 5) is 22.6. The molecule has 2 N–H and O–H groups in total. The van der Waals surface area contributed by atoms with Gasteiger partial charge in [-0.05, 0) is 19.3 Å². The fraction of sp³-hybridized carbons (Fsp3) is 0.778. The molecule has 3 amide bonds. The summed E-state index contributed by atoms with van der Waals surface area (Å²) in [6.07, 6.45) is 2.69. The fourth-order valence-electron chi connectivity index (χ4n) is 2.33. The van der Waals surface area contributed by atoms with Gasteiger partial charge in [-0.2, -0.15) is 0 Å². The third-order valence-electron chi connectivity index (χ3n) is 3.00. The first-order valence-corrected chi connectivity index (χ1v) is 4.86. The molecule has 2 fully saturated rings. The van der Waals surface area contributed by atoms with Crippen LogP contribution in [0.15, 0.2) is 0 Å². The van der Waals surface area contributed by atoms with Crippen molar-refractivity contribution in [1.82, 2.24) is 10.6 Å². The van der Waals surface area contributed by atoms with Gasteiger partial charge in [0.05, 0.1) is 12.0 Å². The molecule has 1 aliphatic carbocycles. The van der Waals surface area contributed by atoms with Crippen molar-refractivity contribution < 1.29 is 14.3 Å². The number of rotatable bonds is 1. The number of amides is 3. The van der Waals surface area contributed by atoms with Crippen LogP contribution in [-0.4, -0.2) is 31.2 Å². The van der Waals surface area contributed by atoms with Gasteiger partial charge in [0.15, 0.2) is 0 Å². The van der Waals surface area contributed by atoms with Crippen molar-refractivity contribution >= 4 is 11.9 Å². The quantitative estimate of drug-likeness (QED) is 0.623. The highest BCUT2D eigenvalue weighted by Gasteiger charge is 2.42. The molecule has 0 aromatic carbocycles. The number of carbonyl (C=O) groups is 2. The summed E-state index contributed by atoms with van der Waals surface area (Å²) in [5, 5.41) is 5.04. The molecule has 2 rings (SSSR count). The Morgan fingerprint density at radius 2 is 2.14 bits per heavy atom. The summed E-state index contributed by atoms with van der Waals surface area (Å²) in [7, 11) is 1.61. The summed E-state index contributed by atoms with van der Waals surface area (Å²) in [5.41, 5.74) is 0. The molecule has 0 radical (unpaired) electrons. The Morgan fingerprint density at radius 3 is 2.86 bits per heavy atom. The third kappa shape index (κ3) is 1.48. The standard InChI is InChI=1S/C9H14N2O3/c1-14-6-4-2-3-5-7(6)8(12)11-9(13)10-5/h5-7H,2-4H2,1H3,(H2,10,11,12,13). The molecular weight excluding hydrogens is 184 g/mol. The highest BCUT2D eigenvalue weighted by Crippen LogP contribution is 2.28. The molecule has 0 spiro atoms. The Bertz CT molecular complexity index is 267. The number of methoxy groups -OCH3 is 1. The Kier molecular flexibility index (Phi) is 2.41. The minimum Gasteiger partial charge on any atom is -0.381 e. The summed E-state index contributed by atoms with van der Waals surface area (Å²) >= 11 is 0. The fourth-order valence-corrected chi connectivity index (χ4v) is 2.33. The number of fused-ring (bicyclic) bond motifs is 1. The number of imide groups is 1. The molecule has 5 nitrogen and oxygen atoms in total. The largest absolute Gasteiger partial charge is 0.381 e. The molecule has 0 bridgehead atoms. The topological polar surface area (TPSA) is 67.4 Å². The monoisotopic (exact) mass is 198 g/mol. The van der Waals surface area contributed by atoms with Crippen molar-refractivity contribution in [3.8, 4) is 0 Å². The van der Waals surface area contributed by atoms with E-state index in [1.54, 1.807) is 7.11 Å². The molecular formula is C9H14N2O3. The third-order valence-corrected chi connectivity index (χ3v) is 3.00. The van der Waals surface area contributed by atoms with Crippen molar-refractivity contribution in [2.24, 2.45) is 5.92 Å². The minimum atomic E-state index is -0.381. The van der Waals surface area contributed by atoms with Crippen LogP contribution in [-0.2, 0) is 9.53 Å². The minimum absolute atomic E-state index is 0.0463. The maximum absolute atomic E-state index is 11.6. The Morgan fingerprint density at radius 1 is 1.36 bits per heavy atom. The van der Waals surface area contributed by atoms with Crippen molar-refractivity contribution in [3.05, 3.63) is 0 Å². The molecule has 0 aromatic rings. The number of nitrogens with one attached hydrogen (secondary N) is 2. The lowest BCUT2D eigenvalue weighted by molar-refractivity contribution is -0.133. The number of hydrogen-bond donors (Lipinski definition) is 2. The van der Waals surface area contributed by atoms with E-state index in [1.165, 1.54) is 0 Å². The molecule has 5 heteroatoms. The molecule has 1 saturated carbocycles. The lowest BCUT2D eigenvalue weighted by atomic mass is 9.80. The number of urea groups is 1. The van der Waals surface area contributed by atoms with E-state index in [4.69, 9.17) is 4.74 Å². The first-order chi connectivity index (χ1) is 6.72. The van der Waals surface area contributed by atoms with E-state index in [0.29, 0.717) is 0 Å². The highest BCUT2D eigenvalue weighted by atomic mass is 16.5. The van der Waals surface area contributed by atoms with Gasteiger partial charge in [-0.3, -0.25) is 10.1 Å². The van der Waals surface area contributed by atoms with Crippen molar-refractivity contribution in [3.63, 3.8) is 0 Å². The predicted octanol–water partition coefficient (Wildman–Crippen LogP) is 0.00950. The van der Waals surface area contributed by atoms with Crippen LogP contribution in [0.1, 0.15) is 19.3 Å². The maximum atomic E-state index is 11.6. The van der Waals surface area contributed by atoms with Crippen LogP contribution < -0.4 is 10.6 Å². The van der Waals surface area contributed by atoms with E-state index < -0.39 is 0 Å². The normalized spacial score (nSPS) is 37.1. The first kappa shape index (κ1) is 9.45. The molecule has 3 unspecified atom stereocenters. The Balaban J connectivity index is 2.16. The summed E-state index contributed by atoms with van der Waals surface area (Å²) in [5.74, 6) is -0.420. The first-order valence-electron chi connectivity index (χ1n) is 4.86. The van der Waals surface area contributed by atoms with Gasteiger partial charge >= 0.3 is 6.03 Å². The van der Waals surface area contributed by atoms with Crippen LogP contribution in [0.5, 0.6) is 0 Å². The molecule has 0 aromatic heterocycles. The Labute approximate surface area is 82.2 Å². The van der Waals surface area contributed by atoms with Crippen LogP contribution in [0.2, 0.25) is 0 Å². The van der Waals surface area contributed by atoms with Gasteiger partial charge in [0.25, 0.3) is 0 Å². The van der Waals surface area contributed by atoms with Crippen LogP contribution in [0.4, 0.5) is 4.79 Å². The molecule has 3 atom stereocenters. The van der Waals surface area contributed by atoms with Gasteiger partial charge in [0, 0.05) is 13.2 Å². The average molecular weight is 198 g/mol. The SMILES string of the molecule is COC1CCCC2NC(=O)NC(=O)C21. The second-order valence-corrected chi connectivity index (χ2v) is 3.80. The smallest absolute Gasteiger partial charge is 0.321 e. The van der Waals surface area contributed by atoms with E-state index in [9.17, 15) is 9.59 Å². The second-order valence-electron chi connectivity index (χ2n) is 3.80. The van der Waals surface area contributed by atoms with Gasteiger partial charge in [-0.15, -0.1) is 0 Å². The highest BCUT2D eigenvalue weighted by molar-refractivity contribution is 5.98. The van der Waals surface area contributed by atoms with Crippen LogP contribution in [0.25, 0.3) is 0 Å². The van der Waals surface area contributed by atoms with Crippen LogP contribution in [0.3, 0.4) is 0 Å². The van der Waals surface area contributed by atoms with Gasteiger partial charge in [0.1, 0.15) is 0 Å². The van der Waals surface area contributed by atoms with Crippen molar-refractivity contribution in [1.29, 1.82) is 0 Å². The molecule has 78 valence electrons. The zero-order chi connectivity index (χ0) is 10.1. The van der Waals surface area contributed by atoms with Crippen molar-refractivity contribution in [2.45, 2.75) is 31.4 Å². The number of ether oxygens (including phenoxy) is 1. The predicted molar refractivity (Wildman–Crippen MR) is 48.6 cm³/mol. The van der Waals surface area contributed by atoms with E-state index in [1.807, 2.05) is 0 Å². The zero-order valence-corrected chi connectivity index (χ0v) is 8.08. The van der Waals surface area contributed by atoms with E-state index >= 15 is 0 Å². The van der Waals surface area contributed by atoms with E-state index in [2.05, 4.69) is 10.6 Å². The maximum Gasteiger partial charge on any atom is 0.321 e. The lowest BCUT2D eigenvalue weighted by Crippen LogP contribution is -2.62.